The first-order chi connectivity index (χ1) is 19.4. The average Bonchev–Trinajstić information content (AvgIpc) is 3.28. The van der Waals surface area contributed by atoms with E-state index in [1.54, 1.807) is 11.0 Å². The van der Waals surface area contributed by atoms with E-state index in [0.29, 0.717) is 24.4 Å². The molecule has 0 bridgehead atoms. The van der Waals surface area contributed by atoms with Gasteiger partial charge in [0.2, 0.25) is 11.8 Å². The van der Waals surface area contributed by atoms with E-state index in [9.17, 15) is 13.6 Å². The number of likely N-dealkylation sites (tertiary alicyclic amines) is 1. The highest BCUT2D eigenvalue weighted by atomic mass is 19.3. The number of amides is 1. The lowest BCUT2D eigenvalue weighted by atomic mass is 9.82. The Balaban J connectivity index is 1.15. The van der Waals surface area contributed by atoms with E-state index in [4.69, 9.17) is 15.5 Å². The van der Waals surface area contributed by atoms with E-state index < -0.39 is 23.6 Å². The molecular formula is C29H36F2N8O2. The minimum absolute atomic E-state index is 0.0918. The van der Waals surface area contributed by atoms with Crippen molar-refractivity contribution in [2.24, 2.45) is 23.0 Å². The van der Waals surface area contributed by atoms with Gasteiger partial charge in [0.25, 0.3) is 12.3 Å². The fourth-order valence-electron chi connectivity index (χ4n) is 5.77. The molecule has 3 fully saturated rings. The van der Waals surface area contributed by atoms with Crippen LogP contribution in [0.4, 0.5) is 14.6 Å². The highest BCUT2D eigenvalue weighted by molar-refractivity contribution is 5.95. The van der Waals surface area contributed by atoms with Crippen LogP contribution in [0, 0.1) is 17.3 Å². The maximum absolute atomic E-state index is 13.8. The molecule has 1 aliphatic carbocycles. The van der Waals surface area contributed by atoms with Crippen LogP contribution in [0.2, 0.25) is 0 Å². The predicted molar refractivity (Wildman–Crippen MR) is 148 cm³/mol. The lowest BCUT2D eigenvalue weighted by molar-refractivity contribution is 0.0739. The summed E-state index contributed by atoms with van der Waals surface area (Å²) in [6, 6.07) is 5.57. The molecule has 12 heteroatoms. The Labute approximate surface area is 237 Å². The zero-order valence-electron chi connectivity index (χ0n) is 23.8. The molecule has 5 heterocycles. The number of nitrogens with zero attached hydrogens (tertiary/aromatic N) is 7. The first kappa shape index (κ1) is 27.5. The summed E-state index contributed by atoms with van der Waals surface area (Å²) in [5.41, 5.74) is 6.46. The van der Waals surface area contributed by atoms with Crippen molar-refractivity contribution in [1.29, 1.82) is 0 Å². The highest BCUT2D eigenvalue weighted by Gasteiger charge is 2.59. The van der Waals surface area contributed by atoms with Crippen molar-refractivity contribution in [3.8, 4) is 11.8 Å². The van der Waals surface area contributed by atoms with E-state index in [0.717, 1.165) is 42.0 Å². The van der Waals surface area contributed by atoms with Crippen LogP contribution in [-0.2, 0) is 5.54 Å². The second kappa shape index (κ2) is 10.0. The molecule has 0 spiro atoms. The number of pyridine rings is 1. The maximum atomic E-state index is 13.8. The van der Waals surface area contributed by atoms with Gasteiger partial charge in [0.05, 0.1) is 5.56 Å². The number of anilines is 1. The lowest BCUT2D eigenvalue weighted by Crippen LogP contribution is -2.38. The first-order valence-electron chi connectivity index (χ1n) is 14.1. The van der Waals surface area contributed by atoms with Gasteiger partial charge in [-0.3, -0.25) is 4.79 Å². The van der Waals surface area contributed by atoms with Crippen LogP contribution in [0.25, 0.3) is 5.95 Å². The Hall–Kier alpha value is -3.67. The number of alkyl halides is 2. The van der Waals surface area contributed by atoms with Gasteiger partial charge in [-0.2, -0.15) is 10.1 Å². The number of piperidine rings is 2. The van der Waals surface area contributed by atoms with Crippen molar-refractivity contribution in [3.05, 3.63) is 53.6 Å². The number of halogens is 2. The third kappa shape index (κ3) is 5.49. The molecule has 2 aliphatic heterocycles. The summed E-state index contributed by atoms with van der Waals surface area (Å²) < 4.78 is 35.1. The fraction of sp³-hybridized carbons (Fsp3) is 0.552. The third-order valence-electron chi connectivity index (χ3n) is 8.57. The molecule has 1 amide bonds. The van der Waals surface area contributed by atoms with Crippen LogP contribution < -0.4 is 15.4 Å². The zero-order chi connectivity index (χ0) is 29.1. The van der Waals surface area contributed by atoms with Crippen molar-refractivity contribution in [2.45, 2.75) is 58.6 Å². The summed E-state index contributed by atoms with van der Waals surface area (Å²) in [6.07, 6.45) is 3.42. The number of carbonyl (C=O) groups excluding carboxylic acids is 1. The molecule has 6 rings (SSSR count). The van der Waals surface area contributed by atoms with Crippen LogP contribution in [0.1, 0.15) is 68.6 Å². The minimum atomic E-state index is -2.91. The van der Waals surface area contributed by atoms with Crippen molar-refractivity contribution in [2.75, 3.05) is 31.1 Å². The summed E-state index contributed by atoms with van der Waals surface area (Å²) in [7, 11) is 0. The highest BCUT2D eigenvalue weighted by Crippen LogP contribution is 2.48. The number of ether oxygens (including phenoxy) is 1. The summed E-state index contributed by atoms with van der Waals surface area (Å²) >= 11 is 0. The standard InChI is InChI=1S/C29H36F2N8O2/c1-28(2)6-10-37(11-7-28)21-12-17(29(3,4)32)13-22(35-21)41-24-18-14-38(15-19(18)24)26(40)20-16-39(36-23(20)25(30)31)27-33-8-5-9-34-27/h5,8-9,12-13,16,18-19,24-25H,6-7,10-11,14-15,32H2,1-4H3/t18-,19+,24-. The van der Waals surface area contributed by atoms with Crippen LogP contribution in [0.5, 0.6) is 5.88 Å². The van der Waals surface area contributed by atoms with Gasteiger partial charge in [0.1, 0.15) is 17.6 Å². The summed E-state index contributed by atoms with van der Waals surface area (Å²) in [5.74, 6) is 1.26. The number of nitrogens with two attached hydrogens (primary N) is 1. The Kier molecular flexibility index (Phi) is 6.71. The van der Waals surface area contributed by atoms with Gasteiger partial charge in [-0.1, -0.05) is 13.8 Å². The molecule has 41 heavy (non-hydrogen) atoms. The van der Waals surface area contributed by atoms with Gasteiger partial charge >= 0.3 is 0 Å². The van der Waals surface area contributed by atoms with Gasteiger partial charge < -0.3 is 20.3 Å². The molecular weight excluding hydrogens is 530 g/mol. The molecule has 0 radical (unpaired) electrons. The normalized spacial score (nSPS) is 23.6. The van der Waals surface area contributed by atoms with Crippen LogP contribution in [0.3, 0.4) is 0 Å². The SMILES string of the molecule is CC1(C)CCN(c2cc(C(C)(C)N)cc(O[C@@H]3[C@@H]4CN(C(=O)c5cn(-c6ncccn6)nc5C(F)F)C[C@@H]43)n2)CC1. The smallest absolute Gasteiger partial charge is 0.282 e. The Morgan fingerprint density at radius 3 is 2.39 bits per heavy atom. The third-order valence-corrected chi connectivity index (χ3v) is 8.57. The second-order valence-electron chi connectivity index (χ2n) is 12.8. The summed E-state index contributed by atoms with van der Waals surface area (Å²) in [6.45, 7) is 11.2. The first-order valence-corrected chi connectivity index (χ1v) is 14.1. The monoisotopic (exact) mass is 566 g/mol. The fourth-order valence-corrected chi connectivity index (χ4v) is 5.77. The van der Waals surface area contributed by atoms with Gasteiger partial charge in [0, 0.05) is 68.2 Å². The van der Waals surface area contributed by atoms with E-state index in [1.165, 1.54) is 18.6 Å². The molecule has 0 aromatic carbocycles. The van der Waals surface area contributed by atoms with E-state index in [1.807, 2.05) is 19.9 Å². The summed E-state index contributed by atoms with van der Waals surface area (Å²) in [5, 5.41) is 3.90. The Morgan fingerprint density at radius 2 is 1.78 bits per heavy atom. The van der Waals surface area contributed by atoms with Crippen LogP contribution in [0.15, 0.2) is 36.8 Å². The Bertz CT molecular complexity index is 1420. The van der Waals surface area contributed by atoms with Crippen LogP contribution in [-0.4, -0.2) is 67.8 Å². The molecule has 0 unspecified atom stereocenters. The number of aromatic nitrogens is 5. The van der Waals surface area contributed by atoms with E-state index in [2.05, 4.69) is 39.9 Å². The van der Waals surface area contributed by atoms with Gasteiger partial charge in [0.15, 0.2) is 0 Å². The predicted octanol–water partition coefficient (Wildman–Crippen LogP) is 3.96. The van der Waals surface area contributed by atoms with Gasteiger partial charge in [-0.25, -0.2) is 23.4 Å². The molecule has 2 N–H and O–H groups in total. The van der Waals surface area contributed by atoms with Crippen LogP contribution >= 0.6 is 0 Å². The number of carbonyl (C=O) groups is 1. The lowest BCUT2D eigenvalue weighted by Gasteiger charge is -2.38. The molecule has 1 saturated carbocycles. The molecule has 218 valence electrons. The minimum Gasteiger partial charge on any atom is -0.474 e. The van der Waals surface area contributed by atoms with E-state index >= 15 is 0 Å². The number of hydrogen-bond donors (Lipinski definition) is 1. The Morgan fingerprint density at radius 1 is 1.12 bits per heavy atom. The molecule has 3 aromatic rings. The molecule has 3 aromatic heterocycles. The zero-order valence-corrected chi connectivity index (χ0v) is 23.8. The molecule has 10 nitrogen and oxygen atoms in total. The summed E-state index contributed by atoms with van der Waals surface area (Å²) in [4.78, 5) is 30.1. The van der Waals surface area contributed by atoms with Crippen molar-refractivity contribution in [3.63, 3.8) is 0 Å². The number of fused-ring (bicyclic) bond motifs is 1. The maximum Gasteiger partial charge on any atom is 0.282 e. The average molecular weight is 567 g/mol. The second-order valence-corrected chi connectivity index (χ2v) is 12.8. The number of rotatable bonds is 7. The van der Waals surface area contributed by atoms with Gasteiger partial charge in [-0.05, 0) is 49.8 Å². The van der Waals surface area contributed by atoms with Gasteiger partial charge in [-0.15, -0.1) is 0 Å². The molecule has 2 saturated heterocycles. The molecule has 3 aliphatic rings. The number of hydrogen-bond acceptors (Lipinski definition) is 8. The van der Waals surface area contributed by atoms with Crippen molar-refractivity contribution < 1.29 is 18.3 Å². The van der Waals surface area contributed by atoms with E-state index in [-0.39, 0.29) is 29.5 Å². The topological polar surface area (TPSA) is 115 Å². The largest absolute Gasteiger partial charge is 0.474 e. The quantitative estimate of drug-likeness (QED) is 0.457. The molecule has 3 atom stereocenters. The van der Waals surface area contributed by atoms with Crippen molar-refractivity contribution in [1.82, 2.24) is 29.6 Å². The van der Waals surface area contributed by atoms with Crippen molar-refractivity contribution >= 4 is 11.7 Å².